The molecule has 5 nitrogen and oxygen atoms in total. The monoisotopic (exact) mass is 303 g/mol. The molecule has 2 heterocycles. The van der Waals surface area contributed by atoms with Crippen molar-refractivity contribution in [1.29, 1.82) is 0 Å². The molecule has 21 heavy (non-hydrogen) atoms. The summed E-state index contributed by atoms with van der Waals surface area (Å²) in [6.07, 6.45) is -1.32. The SMILES string of the molecule is CNc1nc(NCCC2CCNCC2)cc(C(F)(F)F)n1. The van der Waals surface area contributed by atoms with E-state index in [9.17, 15) is 13.2 Å². The van der Waals surface area contributed by atoms with E-state index in [2.05, 4.69) is 25.9 Å². The highest BCUT2D eigenvalue weighted by Crippen LogP contribution is 2.29. The van der Waals surface area contributed by atoms with E-state index in [1.54, 1.807) is 0 Å². The van der Waals surface area contributed by atoms with Crippen molar-refractivity contribution < 1.29 is 13.2 Å². The minimum atomic E-state index is -4.47. The molecule has 118 valence electrons. The fraction of sp³-hybridized carbons (Fsp3) is 0.692. The number of hydrogen-bond donors (Lipinski definition) is 3. The lowest BCUT2D eigenvalue weighted by Crippen LogP contribution is -2.28. The second-order valence-corrected chi connectivity index (χ2v) is 5.12. The maximum absolute atomic E-state index is 12.7. The van der Waals surface area contributed by atoms with Crippen LogP contribution in [0.3, 0.4) is 0 Å². The molecule has 1 aromatic heterocycles. The van der Waals surface area contributed by atoms with E-state index in [-0.39, 0.29) is 11.8 Å². The number of nitrogens with one attached hydrogen (secondary N) is 3. The third kappa shape index (κ3) is 4.73. The molecule has 0 radical (unpaired) electrons. The van der Waals surface area contributed by atoms with Crippen LogP contribution in [0.15, 0.2) is 6.07 Å². The van der Waals surface area contributed by atoms with Gasteiger partial charge in [0, 0.05) is 19.7 Å². The first-order chi connectivity index (χ1) is 9.99. The second kappa shape index (κ2) is 6.93. The fourth-order valence-corrected chi connectivity index (χ4v) is 2.37. The van der Waals surface area contributed by atoms with Gasteiger partial charge in [0.25, 0.3) is 0 Å². The lowest BCUT2D eigenvalue weighted by atomic mass is 9.95. The summed E-state index contributed by atoms with van der Waals surface area (Å²) < 4.78 is 38.2. The normalized spacial score (nSPS) is 16.8. The van der Waals surface area contributed by atoms with Crippen LogP contribution in [0.5, 0.6) is 0 Å². The van der Waals surface area contributed by atoms with Crippen LogP contribution in [-0.2, 0) is 6.18 Å². The minimum Gasteiger partial charge on any atom is -0.370 e. The first-order valence-electron chi connectivity index (χ1n) is 7.07. The molecule has 2 rings (SSSR count). The van der Waals surface area contributed by atoms with Gasteiger partial charge in [-0.05, 0) is 38.3 Å². The Morgan fingerprint density at radius 2 is 2.00 bits per heavy atom. The largest absolute Gasteiger partial charge is 0.433 e. The highest BCUT2D eigenvalue weighted by molar-refractivity contribution is 5.42. The van der Waals surface area contributed by atoms with Gasteiger partial charge in [-0.15, -0.1) is 0 Å². The maximum Gasteiger partial charge on any atom is 0.433 e. The Hall–Kier alpha value is -1.57. The van der Waals surface area contributed by atoms with Gasteiger partial charge in [0.15, 0.2) is 5.69 Å². The number of alkyl halides is 3. The Balaban J connectivity index is 1.95. The molecule has 1 fully saturated rings. The Morgan fingerprint density at radius 1 is 1.29 bits per heavy atom. The highest BCUT2D eigenvalue weighted by atomic mass is 19.4. The molecule has 0 saturated carbocycles. The Kier molecular flexibility index (Phi) is 5.22. The molecule has 0 amide bonds. The Morgan fingerprint density at radius 3 is 2.62 bits per heavy atom. The van der Waals surface area contributed by atoms with Crippen molar-refractivity contribution in [1.82, 2.24) is 15.3 Å². The van der Waals surface area contributed by atoms with Crippen LogP contribution in [0, 0.1) is 5.92 Å². The quantitative estimate of drug-likeness (QED) is 0.779. The fourth-order valence-electron chi connectivity index (χ4n) is 2.37. The summed E-state index contributed by atoms with van der Waals surface area (Å²) in [5, 5.41) is 8.80. The highest BCUT2D eigenvalue weighted by Gasteiger charge is 2.33. The van der Waals surface area contributed by atoms with Crippen LogP contribution in [0.1, 0.15) is 25.0 Å². The number of halogens is 3. The second-order valence-electron chi connectivity index (χ2n) is 5.12. The molecule has 0 unspecified atom stereocenters. The van der Waals surface area contributed by atoms with Gasteiger partial charge in [0.1, 0.15) is 5.82 Å². The number of aromatic nitrogens is 2. The lowest BCUT2D eigenvalue weighted by molar-refractivity contribution is -0.141. The molecule has 1 saturated heterocycles. The lowest BCUT2D eigenvalue weighted by Gasteiger charge is -2.22. The van der Waals surface area contributed by atoms with E-state index in [1.165, 1.54) is 7.05 Å². The van der Waals surface area contributed by atoms with Gasteiger partial charge in [-0.2, -0.15) is 18.2 Å². The average molecular weight is 303 g/mol. The van der Waals surface area contributed by atoms with Gasteiger partial charge >= 0.3 is 6.18 Å². The van der Waals surface area contributed by atoms with Crippen LogP contribution >= 0.6 is 0 Å². The van der Waals surface area contributed by atoms with Gasteiger partial charge in [-0.1, -0.05) is 0 Å². The maximum atomic E-state index is 12.7. The summed E-state index contributed by atoms with van der Waals surface area (Å²) in [6.45, 7) is 2.64. The number of hydrogen-bond acceptors (Lipinski definition) is 5. The summed E-state index contributed by atoms with van der Waals surface area (Å²) in [5.41, 5.74) is -0.939. The number of nitrogens with zero attached hydrogens (tertiary/aromatic N) is 2. The molecular formula is C13H20F3N5. The molecular weight excluding hydrogens is 283 g/mol. The number of piperidine rings is 1. The molecule has 0 bridgehead atoms. The molecule has 0 aliphatic carbocycles. The van der Waals surface area contributed by atoms with Crippen LogP contribution in [0.4, 0.5) is 24.9 Å². The average Bonchev–Trinajstić information content (AvgIpc) is 2.47. The third-order valence-electron chi connectivity index (χ3n) is 3.56. The smallest absolute Gasteiger partial charge is 0.370 e. The van der Waals surface area contributed by atoms with E-state index < -0.39 is 11.9 Å². The minimum absolute atomic E-state index is 0.0332. The van der Waals surface area contributed by atoms with Crippen molar-refractivity contribution in [2.45, 2.75) is 25.4 Å². The van der Waals surface area contributed by atoms with E-state index in [4.69, 9.17) is 0 Å². The summed E-state index contributed by atoms with van der Waals surface area (Å²) in [5.74, 6) is 0.788. The van der Waals surface area contributed by atoms with Crippen LogP contribution in [0.25, 0.3) is 0 Å². The Labute approximate surface area is 121 Å². The topological polar surface area (TPSA) is 61.9 Å². The molecule has 0 atom stereocenters. The van der Waals surface area contributed by atoms with E-state index in [0.717, 1.165) is 38.4 Å². The van der Waals surface area contributed by atoms with Gasteiger partial charge in [-0.3, -0.25) is 0 Å². The van der Waals surface area contributed by atoms with Crippen molar-refractivity contribution in [3.63, 3.8) is 0 Å². The van der Waals surface area contributed by atoms with Gasteiger partial charge in [0.05, 0.1) is 0 Å². The standard InChI is InChI=1S/C13H20F3N5/c1-17-12-20-10(13(14,15)16)8-11(21-12)19-7-4-9-2-5-18-6-3-9/h8-9,18H,2-7H2,1H3,(H2,17,19,20,21). The van der Waals surface area contributed by atoms with Crippen LogP contribution in [-0.4, -0.2) is 36.6 Å². The molecule has 1 aliphatic rings. The predicted octanol–water partition coefficient (Wildman–Crippen LogP) is 2.34. The third-order valence-corrected chi connectivity index (χ3v) is 3.56. The zero-order valence-corrected chi connectivity index (χ0v) is 11.9. The van der Waals surface area contributed by atoms with E-state index >= 15 is 0 Å². The summed E-state index contributed by atoms with van der Waals surface area (Å²) in [7, 11) is 1.49. The zero-order valence-electron chi connectivity index (χ0n) is 11.9. The van der Waals surface area contributed by atoms with Crippen molar-refractivity contribution in [3.05, 3.63) is 11.8 Å². The number of anilines is 2. The molecule has 0 aromatic carbocycles. The first kappa shape index (κ1) is 15.8. The van der Waals surface area contributed by atoms with Crippen LogP contribution < -0.4 is 16.0 Å². The molecule has 1 aromatic rings. The summed E-state index contributed by atoms with van der Waals surface area (Å²) in [4.78, 5) is 7.43. The van der Waals surface area contributed by atoms with Crippen molar-refractivity contribution in [2.24, 2.45) is 5.92 Å². The first-order valence-corrected chi connectivity index (χ1v) is 7.07. The molecule has 1 aliphatic heterocycles. The van der Waals surface area contributed by atoms with E-state index in [0.29, 0.717) is 12.5 Å². The summed E-state index contributed by atoms with van der Waals surface area (Å²) in [6, 6.07) is 0.948. The van der Waals surface area contributed by atoms with E-state index in [1.807, 2.05) is 0 Å². The van der Waals surface area contributed by atoms with Gasteiger partial charge in [-0.25, -0.2) is 4.98 Å². The number of rotatable bonds is 5. The predicted molar refractivity (Wildman–Crippen MR) is 75.3 cm³/mol. The van der Waals surface area contributed by atoms with Crippen LogP contribution in [0.2, 0.25) is 0 Å². The molecule has 3 N–H and O–H groups in total. The molecule has 8 heteroatoms. The Bertz CT molecular complexity index is 458. The van der Waals surface area contributed by atoms with Gasteiger partial charge in [0.2, 0.25) is 5.95 Å². The van der Waals surface area contributed by atoms with Crippen molar-refractivity contribution in [2.75, 3.05) is 37.3 Å². The summed E-state index contributed by atoms with van der Waals surface area (Å²) >= 11 is 0. The van der Waals surface area contributed by atoms with Crippen molar-refractivity contribution >= 4 is 11.8 Å². The van der Waals surface area contributed by atoms with Crippen molar-refractivity contribution in [3.8, 4) is 0 Å². The zero-order chi connectivity index (χ0) is 15.3. The van der Waals surface area contributed by atoms with Gasteiger partial charge < -0.3 is 16.0 Å². The molecule has 0 spiro atoms.